The van der Waals surface area contributed by atoms with Crippen molar-refractivity contribution < 1.29 is 128 Å². The number of hydrogen-bond donors (Lipinski definition) is 14. The molecule has 22 aliphatic heterocycles. The van der Waals surface area contributed by atoms with E-state index in [0.29, 0.717) is 0 Å². The lowest BCUT2D eigenvalue weighted by molar-refractivity contribution is -0.386. The molecule has 27 atom stereocenters. The molecule has 26 nitrogen and oxygen atoms in total. The van der Waals surface area contributed by atoms with Crippen molar-refractivity contribution in [3.63, 3.8) is 0 Å². The largest absolute Gasteiger partial charge is 0.466 e. The number of aliphatic hydroxyl groups excluding tert-OH is 14. The molecule has 14 N–H and O–H groups in total. The molecule has 0 aromatic heterocycles. The van der Waals surface area contributed by atoms with Crippen LogP contribution < -0.4 is 0 Å². The van der Waals surface area contributed by atoms with Crippen LogP contribution in [0.5, 0.6) is 0 Å². The summed E-state index contributed by atoms with van der Waals surface area (Å²) in [6, 6.07) is 0. The van der Waals surface area contributed by atoms with Gasteiger partial charge in [-0.05, 0) is 13.8 Å². The van der Waals surface area contributed by atoms with Gasteiger partial charge in [-0.2, -0.15) is 0 Å². The van der Waals surface area contributed by atoms with Crippen molar-refractivity contribution in [3.05, 3.63) is 12.0 Å². The first-order valence-corrected chi connectivity index (χ1v) is 19.9. The maximum Gasteiger partial charge on any atom is 0.229 e. The van der Waals surface area contributed by atoms with Gasteiger partial charge < -0.3 is 128 Å². The minimum atomic E-state index is -2.02. The van der Waals surface area contributed by atoms with Crippen LogP contribution in [-0.4, -0.2) is 257 Å². The summed E-state index contributed by atoms with van der Waals surface area (Å²) in [5.74, 6) is -0.573. The molecule has 7 fully saturated rings. The van der Waals surface area contributed by atoms with E-state index in [4.69, 9.17) is 56.8 Å². The van der Waals surface area contributed by atoms with Crippen molar-refractivity contribution in [2.45, 2.75) is 186 Å². The molecule has 22 rings (SSSR count). The Hall–Kier alpha value is -1.62. The predicted molar refractivity (Wildman–Crippen MR) is 185 cm³/mol. The standard InChI is InChI=1S/C35H56O26/c1-8-26-17(41)22(46)32(51-8)53-11-3-10(39)30(54-12(11)4-36)60-28-13(5-37)55-34(24(48)19(28)43)57-15-7-50-31(21(45)16(15)40)61-29-14(6-38)56-35(25(49)20(29)44)59-27-9(2)52-33(58-26)23(47)18(27)42/h7-14,16-49H,3-6H2,1-2H3/t8?,9?,10?,11-,12?,13?,14?,16?,17?,18?,19?,20?,21?,22?,23?,24?,25?,26+,27+,28+,29+,30+,31+,32+,33+,34+,35+/m0/s1. The normalized spacial score (nSPS) is 54.9. The minimum Gasteiger partial charge on any atom is -0.466 e. The highest BCUT2D eigenvalue weighted by molar-refractivity contribution is 5.06. The van der Waals surface area contributed by atoms with Gasteiger partial charge in [0.05, 0.1) is 38.1 Å². The number of rotatable bonds is 3. The van der Waals surface area contributed by atoms with Crippen LogP contribution in [0, 0.1) is 0 Å². The minimum absolute atomic E-state index is 0.349. The van der Waals surface area contributed by atoms with Gasteiger partial charge in [-0.25, -0.2) is 0 Å². The maximum atomic E-state index is 11.2. The molecule has 0 aromatic rings. The quantitative estimate of drug-likeness (QED) is 0.125. The average Bonchev–Trinajstić information content (AvgIpc) is 3.23. The number of ether oxygens (including phenoxy) is 12. The summed E-state index contributed by atoms with van der Waals surface area (Å²) in [6.45, 7) is 0.329. The predicted octanol–water partition coefficient (Wildman–Crippen LogP) is -8.86. The lowest BCUT2D eigenvalue weighted by Gasteiger charge is -2.49. The van der Waals surface area contributed by atoms with Crippen LogP contribution in [0.2, 0.25) is 0 Å². The van der Waals surface area contributed by atoms with Crippen molar-refractivity contribution in [1.29, 1.82) is 0 Å². The zero-order valence-electron chi connectivity index (χ0n) is 32.7. The fourth-order valence-corrected chi connectivity index (χ4v) is 8.28. The molecule has 22 aliphatic rings. The van der Waals surface area contributed by atoms with Gasteiger partial charge in [-0.15, -0.1) is 0 Å². The van der Waals surface area contributed by atoms with Gasteiger partial charge in [-0.1, -0.05) is 0 Å². The van der Waals surface area contributed by atoms with E-state index in [0.717, 1.165) is 6.26 Å². The van der Waals surface area contributed by atoms with Crippen LogP contribution in [0.15, 0.2) is 12.0 Å². The zero-order chi connectivity index (χ0) is 44.2. The molecule has 12 bridgehead atoms. The van der Waals surface area contributed by atoms with E-state index in [1.807, 2.05) is 0 Å². The van der Waals surface area contributed by atoms with Crippen LogP contribution in [0.3, 0.4) is 0 Å². The summed E-state index contributed by atoms with van der Waals surface area (Å²) in [6.07, 6.45) is -44.8. The third-order valence-corrected chi connectivity index (χ3v) is 11.8. The molecule has 16 unspecified atom stereocenters. The molecule has 0 saturated carbocycles. The Balaban J connectivity index is 1.15. The van der Waals surface area contributed by atoms with E-state index in [2.05, 4.69) is 0 Å². The Labute approximate surface area is 346 Å². The third-order valence-electron chi connectivity index (χ3n) is 11.8. The summed E-state index contributed by atoms with van der Waals surface area (Å²) >= 11 is 0. The summed E-state index contributed by atoms with van der Waals surface area (Å²) < 4.78 is 68.5. The zero-order valence-corrected chi connectivity index (χ0v) is 32.7. The molecule has 7 saturated heterocycles. The SMILES string of the molecule is CC1O[C@@H]2O[C@H]3CC(O)[C@H](OC3CO)O[C@@H]3C(CO)O[C@H](OC4=CO[C@H](O[C@@H]5C(CO)O[C@H](O[C@@H]6C(C)O[C@H](O[C@H]1C(O)C2O)C(O)C6O)C(O)C5O)C(O)C4O)C(O)C3O. The van der Waals surface area contributed by atoms with Crippen LogP contribution in [0.4, 0.5) is 0 Å². The average molecular weight is 893 g/mol. The molecular weight excluding hydrogens is 836 g/mol. The molecule has 0 aliphatic carbocycles. The first kappa shape index (κ1) is 47.3. The second-order valence-electron chi connectivity index (χ2n) is 16.0. The summed E-state index contributed by atoms with van der Waals surface area (Å²) in [5, 5.41) is 152. The van der Waals surface area contributed by atoms with Gasteiger partial charge in [0.1, 0.15) is 116 Å². The highest BCUT2D eigenvalue weighted by Crippen LogP contribution is 2.37. The number of hydrogen-bond acceptors (Lipinski definition) is 26. The molecule has 26 heteroatoms. The van der Waals surface area contributed by atoms with Crippen molar-refractivity contribution >= 4 is 0 Å². The van der Waals surface area contributed by atoms with Gasteiger partial charge in [0.2, 0.25) is 12.6 Å². The molecule has 0 spiro atoms. The Bertz CT molecular complexity index is 1460. The summed E-state index contributed by atoms with van der Waals surface area (Å²) in [5.41, 5.74) is 0. The van der Waals surface area contributed by atoms with Gasteiger partial charge in [0.15, 0.2) is 30.9 Å². The highest BCUT2D eigenvalue weighted by atomic mass is 16.8. The van der Waals surface area contributed by atoms with Crippen LogP contribution in [0.1, 0.15) is 20.3 Å². The molecule has 352 valence electrons. The summed E-state index contributed by atoms with van der Waals surface area (Å²) in [4.78, 5) is 0. The highest BCUT2D eigenvalue weighted by Gasteiger charge is 2.56. The van der Waals surface area contributed by atoms with Crippen molar-refractivity contribution in [2.24, 2.45) is 0 Å². The van der Waals surface area contributed by atoms with Crippen LogP contribution in [0.25, 0.3) is 0 Å². The third kappa shape index (κ3) is 9.28. The Morgan fingerprint density at radius 2 is 0.836 bits per heavy atom. The molecular formula is C35H56O26. The van der Waals surface area contributed by atoms with E-state index in [9.17, 15) is 71.5 Å². The molecule has 22 heterocycles. The smallest absolute Gasteiger partial charge is 0.229 e. The Morgan fingerprint density at radius 3 is 1.36 bits per heavy atom. The molecule has 0 amide bonds. The molecule has 0 radical (unpaired) electrons. The first-order chi connectivity index (χ1) is 29.0. The molecule has 61 heavy (non-hydrogen) atoms. The van der Waals surface area contributed by atoms with Crippen molar-refractivity contribution in [2.75, 3.05) is 19.8 Å². The van der Waals surface area contributed by atoms with E-state index < -0.39 is 192 Å². The Kier molecular flexibility index (Phi) is 15.1. The van der Waals surface area contributed by atoms with E-state index >= 15 is 0 Å². The lowest BCUT2D eigenvalue weighted by Crippen LogP contribution is -2.66. The fraction of sp³-hybridized carbons (Fsp3) is 0.943. The molecule has 0 aromatic carbocycles. The second-order valence-corrected chi connectivity index (χ2v) is 16.0. The number of aliphatic hydroxyl groups is 14. The monoisotopic (exact) mass is 892 g/mol. The Morgan fingerprint density at radius 1 is 0.426 bits per heavy atom. The van der Waals surface area contributed by atoms with Crippen molar-refractivity contribution in [3.8, 4) is 0 Å². The van der Waals surface area contributed by atoms with Gasteiger partial charge >= 0.3 is 0 Å². The van der Waals surface area contributed by atoms with Crippen LogP contribution in [-0.2, 0) is 56.8 Å². The van der Waals surface area contributed by atoms with Crippen LogP contribution >= 0.6 is 0 Å². The van der Waals surface area contributed by atoms with Gasteiger partial charge in [0.25, 0.3) is 0 Å². The summed E-state index contributed by atoms with van der Waals surface area (Å²) in [7, 11) is 0. The first-order valence-electron chi connectivity index (χ1n) is 19.9. The second kappa shape index (κ2) is 19.5. The fourth-order valence-electron chi connectivity index (χ4n) is 8.28. The lowest BCUT2D eigenvalue weighted by atomic mass is 9.96. The van der Waals surface area contributed by atoms with Crippen molar-refractivity contribution in [1.82, 2.24) is 0 Å². The van der Waals surface area contributed by atoms with Gasteiger partial charge in [0, 0.05) is 6.42 Å². The topological polar surface area (TPSA) is 394 Å². The van der Waals surface area contributed by atoms with E-state index in [1.165, 1.54) is 13.8 Å². The van der Waals surface area contributed by atoms with E-state index in [1.54, 1.807) is 0 Å². The van der Waals surface area contributed by atoms with Gasteiger partial charge in [-0.3, -0.25) is 0 Å². The maximum absolute atomic E-state index is 11.2. The van der Waals surface area contributed by atoms with E-state index in [-0.39, 0.29) is 6.42 Å².